The zero-order chi connectivity index (χ0) is 13.2. The Morgan fingerprint density at radius 3 is 2.63 bits per heavy atom. The molecule has 5 nitrogen and oxygen atoms in total. The van der Waals surface area contributed by atoms with E-state index >= 15 is 0 Å². The van der Waals surface area contributed by atoms with E-state index in [9.17, 15) is 0 Å². The first-order valence-electron chi connectivity index (χ1n) is 5.52. The van der Waals surface area contributed by atoms with Gasteiger partial charge < -0.3 is 10.5 Å². The van der Waals surface area contributed by atoms with Crippen molar-refractivity contribution in [3.05, 3.63) is 47.3 Å². The highest BCUT2D eigenvalue weighted by Crippen LogP contribution is 2.30. The Balaban J connectivity index is 2.06. The average molecular weight is 317 g/mol. The summed E-state index contributed by atoms with van der Waals surface area (Å²) in [6.07, 6.45) is 4.93. The number of nitrogens with zero attached hydrogens (tertiary/aromatic N) is 3. The molecule has 0 fully saturated rings. The molecule has 2 aromatic heterocycles. The van der Waals surface area contributed by atoms with Crippen LogP contribution in [0, 0.1) is 0 Å². The number of aromatic nitrogens is 3. The Hall–Kier alpha value is -2.21. The molecule has 0 atom stereocenters. The highest BCUT2D eigenvalue weighted by atomic mass is 79.9. The number of hydrogen-bond acceptors (Lipinski definition) is 5. The van der Waals surface area contributed by atoms with Crippen molar-refractivity contribution in [3.63, 3.8) is 0 Å². The molecule has 3 rings (SSSR count). The van der Waals surface area contributed by atoms with Crippen LogP contribution in [-0.2, 0) is 0 Å². The van der Waals surface area contributed by atoms with Crippen molar-refractivity contribution in [2.45, 2.75) is 0 Å². The van der Waals surface area contributed by atoms with Gasteiger partial charge in [-0.05, 0) is 40.2 Å². The number of ether oxygens (including phenoxy) is 1. The predicted molar refractivity (Wildman–Crippen MR) is 76.0 cm³/mol. The van der Waals surface area contributed by atoms with Crippen molar-refractivity contribution in [2.24, 2.45) is 0 Å². The molecular weight excluding hydrogens is 308 g/mol. The second kappa shape index (κ2) is 4.81. The van der Waals surface area contributed by atoms with Crippen LogP contribution in [0.1, 0.15) is 0 Å². The van der Waals surface area contributed by atoms with Gasteiger partial charge in [-0.15, -0.1) is 0 Å². The van der Waals surface area contributed by atoms with E-state index < -0.39 is 0 Å². The maximum absolute atomic E-state index is 5.91. The molecule has 0 saturated carbocycles. The van der Waals surface area contributed by atoms with Gasteiger partial charge in [0.2, 0.25) is 0 Å². The lowest BCUT2D eigenvalue weighted by Gasteiger charge is -2.08. The smallest absolute Gasteiger partial charge is 0.322 e. The van der Waals surface area contributed by atoms with Gasteiger partial charge in [-0.2, -0.15) is 0 Å². The molecule has 0 spiro atoms. The molecule has 2 N–H and O–H groups in total. The van der Waals surface area contributed by atoms with Crippen molar-refractivity contribution in [3.8, 4) is 11.8 Å². The minimum Gasteiger partial charge on any atom is -0.422 e. The standard InChI is InChI=1S/C13H9BrN4O/c14-8-6-17-13(18-7-8)19-11-4-3-10(15)9-2-1-5-16-12(9)11/h1-7H,15H2. The number of nitrogens with two attached hydrogens (primary N) is 1. The van der Waals surface area contributed by atoms with Gasteiger partial charge >= 0.3 is 6.01 Å². The molecule has 0 aliphatic heterocycles. The first kappa shape index (κ1) is 11.9. The average Bonchev–Trinajstić information content (AvgIpc) is 2.45. The number of nitrogen functional groups attached to an aromatic ring is 1. The molecule has 3 aromatic rings. The fraction of sp³-hybridized carbons (Fsp3) is 0. The van der Waals surface area contributed by atoms with Crippen molar-refractivity contribution >= 4 is 32.5 Å². The van der Waals surface area contributed by atoms with Crippen molar-refractivity contribution in [2.75, 3.05) is 5.73 Å². The summed E-state index contributed by atoms with van der Waals surface area (Å²) in [5, 5.41) is 0.845. The molecule has 6 heteroatoms. The van der Waals surface area contributed by atoms with Crippen LogP contribution in [0.15, 0.2) is 47.3 Å². The molecule has 0 aliphatic rings. The third kappa shape index (κ3) is 2.34. The minimum absolute atomic E-state index is 0.264. The molecular formula is C13H9BrN4O. The second-order valence-electron chi connectivity index (χ2n) is 3.84. The number of pyridine rings is 1. The molecule has 19 heavy (non-hydrogen) atoms. The zero-order valence-electron chi connectivity index (χ0n) is 9.75. The summed E-state index contributed by atoms with van der Waals surface area (Å²) in [5.41, 5.74) is 7.25. The Kier molecular flexibility index (Phi) is 3.00. The molecule has 2 heterocycles. The Morgan fingerprint density at radius 2 is 1.84 bits per heavy atom. The van der Waals surface area contributed by atoms with Crippen LogP contribution in [0.2, 0.25) is 0 Å². The van der Waals surface area contributed by atoms with Crippen molar-refractivity contribution in [1.29, 1.82) is 0 Å². The lowest BCUT2D eigenvalue weighted by molar-refractivity contribution is 0.445. The SMILES string of the molecule is Nc1ccc(Oc2ncc(Br)cn2)c2ncccc12. The third-order valence-electron chi connectivity index (χ3n) is 2.56. The molecule has 0 aliphatic carbocycles. The van der Waals surface area contributed by atoms with Gasteiger partial charge in [0.1, 0.15) is 5.52 Å². The number of rotatable bonds is 2. The van der Waals surface area contributed by atoms with Crippen LogP contribution < -0.4 is 10.5 Å². The molecule has 0 amide bonds. The second-order valence-corrected chi connectivity index (χ2v) is 4.75. The Bertz CT molecular complexity index is 730. The lowest BCUT2D eigenvalue weighted by Crippen LogP contribution is -1.95. The van der Waals surface area contributed by atoms with E-state index in [4.69, 9.17) is 10.5 Å². The van der Waals surface area contributed by atoms with Gasteiger partial charge in [0, 0.05) is 29.7 Å². The van der Waals surface area contributed by atoms with Crippen molar-refractivity contribution < 1.29 is 4.74 Å². The maximum Gasteiger partial charge on any atom is 0.322 e. The van der Waals surface area contributed by atoms with E-state index in [0.717, 1.165) is 9.86 Å². The van der Waals surface area contributed by atoms with Crippen LogP contribution in [-0.4, -0.2) is 15.0 Å². The van der Waals surface area contributed by atoms with Gasteiger partial charge in [0.05, 0.1) is 4.47 Å². The van der Waals surface area contributed by atoms with E-state index in [1.807, 2.05) is 12.1 Å². The topological polar surface area (TPSA) is 73.9 Å². The zero-order valence-corrected chi connectivity index (χ0v) is 11.3. The molecule has 94 valence electrons. The van der Waals surface area contributed by atoms with Gasteiger partial charge in [-0.25, -0.2) is 9.97 Å². The highest BCUT2D eigenvalue weighted by molar-refractivity contribution is 9.10. The quantitative estimate of drug-likeness (QED) is 0.735. The number of fused-ring (bicyclic) bond motifs is 1. The van der Waals surface area contributed by atoms with Crippen LogP contribution in [0.5, 0.6) is 11.8 Å². The summed E-state index contributed by atoms with van der Waals surface area (Å²) in [6, 6.07) is 7.53. The Labute approximate surface area is 117 Å². The number of anilines is 1. The van der Waals surface area contributed by atoms with E-state index in [1.165, 1.54) is 0 Å². The number of benzene rings is 1. The van der Waals surface area contributed by atoms with E-state index in [0.29, 0.717) is 17.0 Å². The van der Waals surface area contributed by atoms with Crippen molar-refractivity contribution in [1.82, 2.24) is 15.0 Å². The summed E-state index contributed by atoms with van der Waals surface area (Å²) in [5.74, 6) is 0.576. The fourth-order valence-corrected chi connectivity index (χ4v) is 1.91. The first-order valence-corrected chi connectivity index (χ1v) is 6.32. The number of halogens is 1. The van der Waals surface area contributed by atoms with E-state index in [1.54, 1.807) is 30.7 Å². The molecule has 1 aromatic carbocycles. The summed E-state index contributed by atoms with van der Waals surface area (Å²) in [6.45, 7) is 0. The van der Waals surface area contributed by atoms with E-state index in [-0.39, 0.29) is 6.01 Å². The van der Waals surface area contributed by atoms with Gasteiger partial charge in [-0.3, -0.25) is 4.98 Å². The predicted octanol–water partition coefficient (Wildman–Crippen LogP) is 3.16. The minimum atomic E-state index is 0.264. The van der Waals surface area contributed by atoms with Gasteiger partial charge in [-0.1, -0.05) is 0 Å². The fourth-order valence-electron chi connectivity index (χ4n) is 1.70. The molecule has 0 radical (unpaired) electrons. The maximum atomic E-state index is 5.91. The summed E-state index contributed by atoms with van der Waals surface area (Å²) in [4.78, 5) is 12.4. The Morgan fingerprint density at radius 1 is 1.05 bits per heavy atom. The van der Waals surface area contributed by atoms with Crippen LogP contribution >= 0.6 is 15.9 Å². The summed E-state index contributed by atoms with van der Waals surface area (Å²) < 4.78 is 6.43. The molecule has 0 unspecified atom stereocenters. The highest BCUT2D eigenvalue weighted by Gasteiger charge is 2.08. The monoisotopic (exact) mass is 316 g/mol. The van der Waals surface area contributed by atoms with Crippen LogP contribution in [0.25, 0.3) is 10.9 Å². The largest absolute Gasteiger partial charge is 0.422 e. The number of hydrogen-bond donors (Lipinski definition) is 1. The third-order valence-corrected chi connectivity index (χ3v) is 2.97. The van der Waals surface area contributed by atoms with Gasteiger partial charge in [0.15, 0.2) is 5.75 Å². The molecule has 0 bridgehead atoms. The normalized spacial score (nSPS) is 10.6. The van der Waals surface area contributed by atoms with E-state index in [2.05, 4.69) is 30.9 Å². The van der Waals surface area contributed by atoms with Crippen LogP contribution in [0.3, 0.4) is 0 Å². The first-order chi connectivity index (χ1) is 9.24. The summed E-state index contributed by atoms with van der Waals surface area (Å²) in [7, 11) is 0. The summed E-state index contributed by atoms with van der Waals surface area (Å²) >= 11 is 3.27. The lowest BCUT2D eigenvalue weighted by atomic mass is 10.2. The van der Waals surface area contributed by atoms with Crippen LogP contribution in [0.4, 0.5) is 5.69 Å². The molecule has 0 saturated heterocycles. The van der Waals surface area contributed by atoms with Gasteiger partial charge in [0.25, 0.3) is 0 Å².